The molecule has 0 aliphatic carbocycles. The van der Waals surface area contributed by atoms with Gasteiger partial charge in [-0.15, -0.1) is 0 Å². The fraction of sp³-hybridized carbons (Fsp3) is 0.462. The third-order valence-electron chi connectivity index (χ3n) is 3.33. The van der Waals surface area contributed by atoms with Crippen molar-refractivity contribution in [3.05, 3.63) is 26.8 Å². The molecule has 3 rings (SSSR count). The van der Waals surface area contributed by atoms with E-state index < -0.39 is 0 Å². The second-order valence-electron chi connectivity index (χ2n) is 5.12. The Kier molecular flexibility index (Phi) is 2.32. The summed E-state index contributed by atoms with van der Waals surface area (Å²) in [6, 6.07) is 3.78. The number of ether oxygens (including phenoxy) is 2. The van der Waals surface area contributed by atoms with Crippen LogP contribution >= 0.6 is 22.6 Å². The van der Waals surface area contributed by atoms with Crippen molar-refractivity contribution in [2.45, 2.75) is 38.6 Å². The number of carbonyl (C=O) groups is 1. The van der Waals surface area contributed by atoms with Gasteiger partial charge in [-0.3, -0.25) is 4.79 Å². The molecule has 2 atom stereocenters. The van der Waals surface area contributed by atoms with E-state index in [1.807, 2.05) is 26.0 Å². The molecule has 2 heterocycles. The molecule has 0 amide bonds. The number of epoxide rings is 1. The van der Waals surface area contributed by atoms with E-state index in [1.165, 1.54) is 0 Å². The minimum Gasteiger partial charge on any atom is -0.484 e. The zero-order valence-corrected chi connectivity index (χ0v) is 12.1. The van der Waals surface area contributed by atoms with Crippen molar-refractivity contribution in [3.63, 3.8) is 0 Å². The molecule has 4 heteroatoms. The summed E-state index contributed by atoms with van der Waals surface area (Å²) < 4.78 is 12.6. The summed E-state index contributed by atoms with van der Waals surface area (Å²) in [7, 11) is 0. The SMILES string of the molecule is CC(=O)c1cc(I)c2c(c1)C1OC1C(C)(C)O2. The number of Topliss-reactive ketones (excluding diaryl/α,β-unsaturated/α-hetero) is 1. The molecule has 1 aromatic carbocycles. The van der Waals surface area contributed by atoms with Crippen molar-refractivity contribution in [1.29, 1.82) is 0 Å². The Morgan fingerprint density at radius 3 is 2.76 bits per heavy atom. The number of fused-ring (bicyclic) bond motifs is 3. The Labute approximate surface area is 114 Å². The third-order valence-corrected chi connectivity index (χ3v) is 4.13. The number of hydrogen-bond donors (Lipinski definition) is 0. The Hall–Kier alpha value is -0.620. The van der Waals surface area contributed by atoms with Crippen LogP contribution in [0.3, 0.4) is 0 Å². The molecule has 2 aliphatic rings. The molecule has 1 fully saturated rings. The standard InChI is InChI=1S/C13H13IO3/c1-6(15)7-4-8-10(9(14)5-7)17-13(2,3)12-11(8)16-12/h4-5,11-12H,1-3H3. The molecule has 0 radical (unpaired) electrons. The molecule has 2 unspecified atom stereocenters. The maximum atomic E-state index is 11.4. The van der Waals surface area contributed by atoms with Crippen molar-refractivity contribution in [2.24, 2.45) is 0 Å². The summed E-state index contributed by atoms with van der Waals surface area (Å²) in [4.78, 5) is 11.4. The first-order chi connectivity index (χ1) is 7.90. The summed E-state index contributed by atoms with van der Waals surface area (Å²) in [6.07, 6.45) is 0.217. The first kappa shape index (κ1) is 11.5. The molecule has 0 bridgehead atoms. The Morgan fingerprint density at radius 1 is 1.41 bits per heavy atom. The van der Waals surface area contributed by atoms with Gasteiger partial charge in [0.1, 0.15) is 23.6 Å². The maximum absolute atomic E-state index is 11.4. The highest BCUT2D eigenvalue weighted by molar-refractivity contribution is 14.1. The van der Waals surface area contributed by atoms with Gasteiger partial charge in [-0.2, -0.15) is 0 Å². The Bertz CT molecular complexity index is 522. The number of benzene rings is 1. The van der Waals surface area contributed by atoms with E-state index in [-0.39, 0.29) is 23.6 Å². The van der Waals surface area contributed by atoms with Gasteiger partial charge < -0.3 is 9.47 Å². The first-order valence-corrected chi connectivity index (χ1v) is 6.67. The van der Waals surface area contributed by atoms with Crippen LogP contribution in [0, 0.1) is 3.57 Å². The van der Waals surface area contributed by atoms with E-state index in [1.54, 1.807) is 6.92 Å². The second-order valence-corrected chi connectivity index (χ2v) is 6.28. The second kappa shape index (κ2) is 3.45. The highest BCUT2D eigenvalue weighted by Crippen LogP contribution is 2.54. The zero-order chi connectivity index (χ0) is 12.4. The lowest BCUT2D eigenvalue weighted by Gasteiger charge is -2.30. The van der Waals surface area contributed by atoms with E-state index >= 15 is 0 Å². The molecule has 0 saturated carbocycles. The van der Waals surface area contributed by atoms with Gasteiger partial charge in [-0.1, -0.05) is 0 Å². The lowest BCUT2D eigenvalue weighted by atomic mass is 9.93. The van der Waals surface area contributed by atoms with Crippen LogP contribution in [0.4, 0.5) is 0 Å². The van der Waals surface area contributed by atoms with Gasteiger partial charge in [0.15, 0.2) is 5.78 Å². The predicted octanol–water partition coefficient (Wildman–Crippen LogP) is 3.10. The van der Waals surface area contributed by atoms with Gasteiger partial charge in [0, 0.05) is 11.1 Å². The van der Waals surface area contributed by atoms with Crippen LogP contribution in [0.25, 0.3) is 0 Å². The zero-order valence-electron chi connectivity index (χ0n) is 9.91. The van der Waals surface area contributed by atoms with E-state index in [2.05, 4.69) is 22.6 Å². The highest BCUT2D eigenvalue weighted by Gasteiger charge is 2.57. The number of ketones is 1. The van der Waals surface area contributed by atoms with Crippen LogP contribution in [0.2, 0.25) is 0 Å². The normalized spacial score (nSPS) is 27.8. The quantitative estimate of drug-likeness (QED) is 0.446. The van der Waals surface area contributed by atoms with Crippen LogP contribution in [0.1, 0.15) is 42.8 Å². The molecule has 90 valence electrons. The smallest absolute Gasteiger partial charge is 0.159 e. The average molecular weight is 344 g/mol. The van der Waals surface area contributed by atoms with Gasteiger partial charge in [0.25, 0.3) is 0 Å². The highest BCUT2D eigenvalue weighted by atomic mass is 127. The average Bonchev–Trinajstić information content (AvgIpc) is 2.99. The number of carbonyl (C=O) groups excluding carboxylic acids is 1. The fourth-order valence-electron chi connectivity index (χ4n) is 2.34. The predicted molar refractivity (Wildman–Crippen MR) is 71.5 cm³/mol. The third kappa shape index (κ3) is 1.69. The number of rotatable bonds is 1. The summed E-state index contributed by atoms with van der Waals surface area (Å²) in [5.41, 5.74) is 1.46. The molecule has 2 aliphatic heterocycles. The number of halogens is 1. The van der Waals surface area contributed by atoms with Crippen LogP contribution in [0.5, 0.6) is 5.75 Å². The van der Waals surface area contributed by atoms with E-state index in [0.717, 1.165) is 20.4 Å². The molecular weight excluding hydrogens is 331 g/mol. The molecule has 3 nitrogen and oxygen atoms in total. The van der Waals surface area contributed by atoms with Crippen molar-refractivity contribution in [1.82, 2.24) is 0 Å². The summed E-state index contributed by atoms with van der Waals surface area (Å²) in [5, 5.41) is 0. The van der Waals surface area contributed by atoms with Crippen LogP contribution in [-0.2, 0) is 4.74 Å². The molecule has 17 heavy (non-hydrogen) atoms. The minimum absolute atomic E-state index is 0.0766. The molecule has 1 aromatic rings. The van der Waals surface area contributed by atoms with Gasteiger partial charge >= 0.3 is 0 Å². The number of hydrogen-bond acceptors (Lipinski definition) is 3. The van der Waals surface area contributed by atoms with Crippen LogP contribution in [0.15, 0.2) is 12.1 Å². The molecule has 1 saturated heterocycles. The van der Waals surface area contributed by atoms with Gasteiger partial charge in [-0.25, -0.2) is 0 Å². The van der Waals surface area contributed by atoms with Gasteiger partial charge in [-0.05, 0) is 55.5 Å². The first-order valence-electron chi connectivity index (χ1n) is 5.59. The molecule has 0 spiro atoms. The van der Waals surface area contributed by atoms with Gasteiger partial charge in [0.05, 0.1) is 3.57 Å². The van der Waals surface area contributed by atoms with E-state index in [0.29, 0.717) is 0 Å². The van der Waals surface area contributed by atoms with Crippen molar-refractivity contribution in [2.75, 3.05) is 0 Å². The summed E-state index contributed by atoms with van der Waals surface area (Å²) >= 11 is 2.21. The van der Waals surface area contributed by atoms with Crippen molar-refractivity contribution >= 4 is 28.4 Å². The molecule has 0 aromatic heterocycles. The molecular formula is C13H13IO3. The largest absolute Gasteiger partial charge is 0.484 e. The topological polar surface area (TPSA) is 38.8 Å². The summed E-state index contributed by atoms with van der Waals surface area (Å²) in [5.74, 6) is 0.951. The minimum atomic E-state index is -0.282. The van der Waals surface area contributed by atoms with Crippen LogP contribution < -0.4 is 4.74 Å². The maximum Gasteiger partial charge on any atom is 0.159 e. The monoisotopic (exact) mass is 344 g/mol. The fourth-order valence-corrected chi connectivity index (χ4v) is 3.09. The molecule has 0 N–H and O–H groups in total. The van der Waals surface area contributed by atoms with Crippen LogP contribution in [-0.4, -0.2) is 17.5 Å². The Balaban J connectivity index is 2.14. The van der Waals surface area contributed by atoms with Gasteiger partial charge in [0.2, 0.25) is 0 Å². The van der Waals surface area contributed by atoms with Crippen molar-refractivity contribution < 1.29 is 14.3 Å². The van der Waals surface area contributed by atoms with E-state index in [4.69, 9.17) is 9.47 Å². The lowest BCUT2D eigenvalue weighted by molar-refractivity contribution is 0.0715. The summed E-state index contributed by atoms with van der Waals surface area (Å²) in [6.45, 7) is 5.65. The van der Waals surface area contributed by atoms with Crippen molar-refractivity contribution in [3.8, 4) is 5.75 Å². The Morgan fingerprint density at radius 2 is 2.12 bits per heavy atom. The lowest BCUT2D eigenvalue weighted by Crippen LogP contribution is -2.38. The van der Waals surface area contributed by atoms with E-state index in [9.17, 15) is 4.79 Å².